The van der Waals surface area contributed by atoms with E-state index in [4.69, 9.17) is 9.47 Å². The fraction of sp³-hybridized carbons (Fsp3) is 0.444. The molecule has 2 aliphatic rings. The van der Waals surface area contributed by atoms with Gasteiger partial charge < -0.3 is 24.3 Å². The third-order valence-corrected chi connectivity index (χ3v) is 4.73. The summed E-state index contributed by atoms with van der Waals surface area (Å²) in [6.07, 6.45) is 3.74. The van der Waals surface area contributed by atoms with Crippen molar-refractivity contribution in [3.63, 3.8) is 0 Å². The maximum absolute atomic E-state index is 11.9. The molecule has 0 saturated heterocycles. The predicted molar refractivity (Wildman–Crippen MR) is 95.0 cm³/mol. The zero-order chi connectivity index (χ0) is 18.1. The van der Waals surface area contributed by atoms with Gasteiger partial charge in [0, 0.05) is 46.5 Å². The SMILES string of the molecule is CN(C)C(=O)NC[C@H]1CN(Cc2ccc3c(c2)OCO3)Cc2cncn21. The molecule has 2 amide bonds. The van der Waals surface area contributed by atoms with E-state index in [9.17, 15) is 4.79 Å². The Balaban J connectivity index is 1.46. The van der Waals surface area contributed by atoms with Crippen molar-refractivity contribution in [2.45, 2.75) is 19.1 Å². The molecule has 0 saturated carbocycles. The Hall–Kier alpha value is -2.74. The summed E-state index contributed by atoms with van der Waals surface area (Å²) >= 11 is 0. The molecule has 1 aromatic carbocycles. The molecule has 1 atom stereocenters. The molecule has 3 heterocycles. The van der Waals surface area contributed by atoms with Crippen LogP contribution in [-0.4, -0.2) is 59.4 Å². The molecule has 8 nitrogen and oxygen atoms in total. The summed E-state index contributed by atoms with van der Waals surface area (Å²) in [5.41, 5.74) is 2.33. The molecule has 138 valence electrons. The molecule has 1 N–H and O–H groups in total. The molecular weight excluding hydrogens is 334 g/mol. The third kappa shape index (κ3) is 3.32. The molecule has 0 fully saturated rings. The number of carbonyl (C=O) groups excluding carboxylic acids is 1. The van der Waals surface area contributed by atoms with Crippen LogP contribution in [0.25, 0.3) is 0 Å². The summed E-state index contributed by atoms with van der Waals surface area (Å²) in [5.74, 6) is 1.61. The van der Waals surface area contributed by atoms with E-state index in [1.165, 1.54) is 5.56 Å². The Bertz CT molecular complexity index is 804. The maximum atomic E-state index is 11.9. The van der Waals surface area contributed by atoms with E-state index in [1.54, 1.807) is 19.0 Å². The number of benzene rings is 1. The fourth-order valence-corrected chi connectivity index (χ4v) is 3.41. The lowest BCUT2D eigenvalue weighted by Gasteiger charge is -2.34. The first kappa shape index (κ1) is 16.7. The summed E-state index contributed by atoms with van der Waals surface area (Å²) < 4.78 is 13.0. The second-order valence-corrected chi connectivity index (χ2v) is 6.88. The molecule has 2 aromatic rings. The summed E-state index contributed by atoms with van der Waals surface area (Å²) in [6.45, 7) is 3.32. The van der Waals surface area contributed by atoms with Crippen LogP contribution in [0.15, 0.2) is 30.7 Å². The van der Waals surface area contributed by atoms with Gasteiger partial charge in [-0.3, -0.25) is 4.90 Å². The van der Waals surface area contributed by atoms with Crippen LogP contribution in [0.4, 0.5) is 4.79 Å². The van der Waals surface area contributed by atoms with E-state index < -0.39 is 0 Å². The zero-order valence-corrected chi connectivity index (χ0v) is 15.0. The molecular formula is C18H23N5O3. The molecule has 0 unspecified atom stereocenters. The van der Waals surface area contributed by atoms with Gasteiger partial charge in [0.05, 0.1) is 18.1 Å². The van der Waals surface area contributed by atoms with E-state index in [2.05, 4.69) is 25.8 Å². The van der Waals surface area contributed by atoms with E-state index in [0.29, 0.717) is 6.54 Å². The molecule has 4 rings (SSSR count). The van der Waals surface area contributed by atoms with Gasteiger partial charge in [-0.05, 0) is 17.7 Å². The average Bonchev–Trinajstić information content (AvgIpc) is 3.27. The number of carbonyl (C=O) groups is 1. The number of fused-ring (bicyclic) bond motifs is 2. The van der Waals surface area contributed by atoms with Crippen LogP contribution in [0, 0.1) is 0 Å². The number of aromatic nitrogens is 2. The van der Waals surface area contributed by atoms with Crippen molar-refractivity contribution in [3.8, 4) is 11.5 Å². The second kappa shape index (κ2) is 6.87. The van der Waals surface area contributed by atoms with Crippen molar-refractivity contribution in [3.05, 3.63) is 42.0 Å². The normalized spacial score (nSPS) is 18.5. The van der Waals surface area contributed by atoms with Crippen LogP contribution in [-0.2, 0) is 13.1 Å². The Morgan fingerprint density at radius 3 is 3.04 bits per heavy atom. The largest absolute Gasteiger partial charge is 0.454 e. The van der Waals surface area contributed by atoms with Crippen LogP contribution in [0.1, 0.15) is 17.3 Å². The predicted octanol–water partition coefficient (Wildman–Crippen LogP) is 1.44. The Labute approximate surface area is 152 Å². The van der Waals surface area contributed by atoms with Gasteiger partial charge in [0.2, 0.25) is 6.79 Å². The number of hydrogen-bond acceptors (Lipinski definition) is 5. The van der Waals surface area contributed by atoms with Gasteiger partial charge in [0.15, 0.2) is 11.5 Å². The van der Waals surface area contributed by atoms with Crippen LogP contribution in [0.3, 0.4) is 0 Å². The second-order valence-electron chi connectivity index (χ2n) is 6.88. The van der Waals surface area contributed by atoms with E-state index >= 15 is 0 Å². The van der Waals surface area contributed by atoms with E-state index in [-0.39, 0.29) is 18.9 Å². The maximum Gasteiger partial charge on any atom is 0.316 e. The van der Waals surface area contributed by atoms with E-state index in [0.717, 1.165) is 36.8 Å². The lowest BCUT2D eigenvalue weighted by Crippen LogP contribution is -2.44. The number of amides is 2. The number of nitrogens with one attached hydrogen (secondary N) is 1. The first-order chi connectivity index (χ1) is 12.6. The summed E-state index contributed by atoms with van der Waals surface area (Å²) in [6, 6.07) is 6.14. The quantitative estimate of drug-likeness (QED) is 0.897. The highest BCUT2D eigenvalue weighted by Gasteiger charge is 2.26. The number of nitrogens with zero attached hydrogens (tertiary/aromatic N) is 4. The third-order valence-electron chi connectivity index (χ3n) is 4.73. The number of rotatable bonds is 4. The summed E-state index contributed by atoms with van der Waals surface area (Å²) in [5, 5.41) is 2.98. The monoisotopic (exact) mass is 357 g/mol. The Kier molecular flexibility index (Phi) is 4.42. The fourth-order valence-electron chi connectivity index (χ4n) is 3.41. The lowest BCUT2D eigenvalue weighted by atomic mass is 10.1. The number of ether oxygens (including phenoxy) is 2. The van der Waals surface area contributed by atoms with Crippen molar-refractivity contribution in [1.29, 1.82) is 0 Å². The highest BCUT2D eigenvalue weighted by Crippen LogP contribution is 2.33. The highest BCUT2D eigenvalue weighted by molar-refractivity contribution is 5.73. The van der Waals surface area contributed by atoms with Gasteiger partial charge in [-0.1, -0.05) is 6.07 Å². The molecule has 0 spiro atoms. The van der Waals surface area contributed by atoms with Gasteiger partial charge in [0.25, 0.3) is 0 Å². The van der Waals surface area contributed by atoms with E-state index in [1.807, 2.05) is 24.7 Å². The van der Waals surface area contributed by atoms with Crippen LogP contribution < -0.4 is 14.8 Å². The highest BCUT2D eigenvalue weighted by atomic mass is 16.7. The van der Waals surface area contributed by atoms with Crippen molar-refractivity contribution in [2.75, 3.05) is 34.0 Å². The summed E-state index contributed by atoms with van der Waals surface area (Å²) in [4.78, 5) is 20.1. The Morgan fingerprint density at radius 1 is 1.35 bits per heavy atom. The molecule has 26 heavy (non-hydrogen) atoms. The standard InChI is InChI=1S/C18H23N5O3/c1-21(2)18(24)20-7-15-10-22(9-14-6-19-11-23(14)15)8-13-3-4-16-17(5-13)26-12-25-16/h3-6,11,15H,7-10,12H2,1-2H3,(H,20,24)/t15-/m0/s1. The van der Waals surface area contributed by atoms with Crippen molar-refractivity contribution in [2.24, 2.45) is 0 Å². The molecule has 2 aliphatic heterocycles. The summed E-state index contributed by atoms with van der Waals surface area (Å²) in [7, 11) is 3.48. The van der Waals surface area contributed by atoms with Gasteiger partial charge in [-0.25, -0.2) is 9.78 Å². The molecule has 0 bridgehead atoms. The number of urea groups is 1. The Morgan fingerprint density at radius 2 is 2.19 bits per heavy atom. The minimum absolute atomic E-state index is 0.0837. The first-order valence-corrected chi connectivity index (χ1v) is 8.67. The van der Waals surface area contributed by atoms with Crippen molar-refractivity contribution < 1.29 is 14.3 Å². The molecule has 8 heteroatoms. The minimum atomic E-state index is -0.0837. The van der Waals surface area contributed by atoms with Crippen molar-refractivity contribution in [1.82, 2.24) is 24.7 Å². The molecule has 0 radical (unpaired) electrons. The lowest BCUT2D eigenvalue weighted by molar-refractivity contribution is 0.170. The average molecular weight is 357 g/mol. The van der Waals surface area contributed by atoms with Gasteiger partial charge in [-0.15, -0.1) is 0 Å². The molecule has 0 aliphatic carbocycles. The minimum Gasteiger partial charge on any atom is -0.454 e. The van der Waals surface area contributed by atoms with Crippen molar-refractivity contribution >= 4 is 6.03 Å². The topological polar surface area (TPSA) is 71.9 Å². The number of imidazole rings is 1. The molecule has 1 aromatic heterocycles. The first-order valence-electron chi connectivity index (χ1n) is 8.67. The smallest absolute Gasteiger partial charge is 0.316 e. The van der Waals surface area contributed by atoms with Crippen LogP contribution in [0.5, 0.6) is 11.5 Å². The van der Waals surface area contributed by atoms with Crippen LogP contribution in [0.2, 0.25) is 0 Å². The van der Waals surface area contributed by atoms with Gasteiger partial charge >= 0.3 is 6.03 Å². The van der Waals surface area contributed by atoms with Gasteiger partial charge in [-0.2, -0.15) is 0 Å². The van der Waals surface area contributed by atoms with Crippen LogP contribution >= 0.6 is 0 Å². The number of hydrogen-bond donors (Lipinski definition) is 1. The zero-order valence-electron chi connectivity index (χ0n) is 15.0. The van der Waals surface area contributed by atoms with Gasteiger partial charge in [0.1, 0.15) is 0 Å².